The van der Waals surface area contributed by atoms with Crippen LogP contribution in [0.3, 0.4) is 0 Å². The van der Waals surface area contributed by atoms with Crippen molar-refractivity contribution >= 4 is 5.69 Å². The van der Waals surface area contributed by atoms with Crippen molar-refractivity contribution in [3.63, 3.8) is 0 Å². The summed E-state index contributed by atoms with van der Waals surface area (Å²) in [5, 5.41) is 0. The maximum atomic E-state index is 5.65. The van der Waals surface area contributed by atoms with Crippen LogP contribution >= 0.6 is 0 Å². The van der Waals surface area contributed by atoms with E-state index in [1.807, 2.05) is 0 Å². The molecule has 2 nitrogen and oxygen atoms in total. The van der Waals surface area contributed by atoms with Gasteiger partial charge in [-0.2, -0.15) is 0 Å². The fourth-order valence-electron chi connectivity index (χ4n) is 2.41. The van der Waals surface area contributed by atoms with E-state index in [0.717, 1.165) is 18.9 Å². The van der Waals surface area contributed by atoms with Crippen molar-refractivity contribution in [2.24, 2.45) is 11.7 Å². The zero-order chi connectivity index (χ0) is 11.4. The highest BCUT2D eigenvalue weighted by Crippen LogP contribution is 2.29. The molecule has 1 aliphatic carbocycles. The third-order valence-corrected chi connectivity index (χ3v) is 3.57. The third kappa shape index (κ3) is 2.56. The van der Waals surface area contributed by atoms with Crippen molar-refractivity contribution in [3.8, 4) is 0 Å². The minimum atomic E-state index is 0.730. The summed E-state index contributed by atoms with van der Waals surface area (Å²) >= 11 is 0. The molecule has 0 radical (unpaired) electrons. The Hall–Kier alpha value is -1.02. The molecule has 0 bridgehead atoms. The predicted octanol–water partition coefficient (Wildman–Crippen LogP) is 2.42. The molecule has 0 heterocycles. The Bertz CT molecular complexity index is 331. The number of nitrogens with zero attached hydrogens (tertiary/aromatic N) is 1. The van der Waals surface area contributed by atoms with Crippen molar-refractivity contribution in [2.75, 3.05) is 25.0 Å². The van der Waals surface area contributed by atoms with Gasteiger partial charge in [-0.15, -0.1) is 0 Å². The summed E-state index contributed by atoms with van der Waals surface area (Å²) in [6.07, 6.45) is 5.21. The normalized spacial score (nSPS) is 15.9. The summed E-state index contributed by atoms with van der Waals surface area (Å²) in [7, 11) is 2.20. The first-order valence-corrected chi connectivity index (χ1v) is 6.30. The van der Waals surface area contributed by atoms with Crippen molar-refractivity contribution in [1.29, 1.82) is 0 Å². The Morgan fingerprint density at radius 1 is 1.31 bits per heavy atom. The van der Waals surface area contributed by atoms with E-state index in [4.69, 9.17) is 5.73 Å². The topological polar surface area (TPSA) is 29.3 Å². The Morgan fingerprint density at radius 2 is 2.06 bits per heavy atom. The number of nitrogens with two attached hydrogens (primary N) is 1. The van der Waals surface area contributed by atoms with Crippen LogP contribution in [0.1, 0.15) is 24.8 Å². The predicted molar refractivity (Wildman–Crippen MR) is 69.8 cm³/mol. The average molecular weight is 218 g/mol. The van der Waals surface area contributed by atoms with E-state index in [2.05, 4.69) is 36.2 Å². The van der Waals surface area contributed by atoms with Crippen LogP contribution in [0, 0.1) is 5.92 Å². The summed E-state index contributed by atoms with van der Waals surface area (Å²) in [4.78, 5) is 2.40. The van der Waals surface area contributed by atoms with Crippen LogP contribution < -0.4 is 10.6 Å². The monoisotopic (exact) mass is 218 g/mol. The van der Waals surface area contributed by atoms with Crippen LogP contribution in [0.4, 0.5) is 5.69 Å². The largest absolute Gasteiger partial charge is 0.374 e. The minimum absolute atomic E-state index is 0.730. The van der Waals surface area contributed by atoms with Gasteiger partial charge in [0.25, 0.3) is 0 Å². The zero-order valence-electron chi connectivity index (χ0n) is 10.2. The van der Waals surface area contributed by atoms with Crippen LogP contribution in [0.25, 0.3) is 0 Å². The van der Waals surface area contributed by atoms with E-state index in [9.17, 15) is 0 Å². The van der Waals surface area contributed by atoms with Crippen LogP contribution in [0.5, 0.6) is 0 Å². The van der Waals surface area contributed by atoms with Crippen molar-refractivity contribution in [2.45, 2.75) is 25.7 Å². The second kappa shape index (κ2) is 5.35. The maximum Gasteiger partial charge on any atom is 0.0396 e. The number of anilines is 1. The van der Waals surface area contributed by atoms with Crippen molar-refractivity contribution in [1.82, 2.24) is 0 Å². The van der Waals surface area contributed by atoms with Crippen LogP contribution in [-0.2, 0) is 6.42 Å². The molecule has 1 aromatic rings. The van der Waals surface area contributed by atoms with Gasteiger partial charge in [-0.05, 0) is 43.4 Å². The molecule has 88 valence electrons. The standard InChI is InChI=1S/C14H22N2/c1-16(11-12-5-4-6-12)14-8-3-2-7-13(14)9-10-15/h2-3,7-8,12H,4-6,9-11,15H2,1H3. The highest BCUT2D eigenvalue weighted by Gasteiger charge is 2.19. The average Bonchev–Trinajstić information content (AvgIpc) is 2.24. The molecule has 0 aromatic heterocycles. The molecule has 2 N–H and O–H groups in total. The summed E-state index contributed by atoms with van der Waals surface area (Å²) in [5.74, 6) is 0.913. The second-order valence-corrected chi connectivity index (χ2v) is 4.84. The first-order valence-electron chi connectivity index (χ1n) is 6.30. The molecule has 2 heteroatoms. The van der Waals surface area contributed by atoms with Gasteiger partial charge in [0, 0.05) is 19.3 Å². The van der Waals surface area contributed by atoms with Gasteiger partial charge in [0.1, 0.15) is 0 Å². The molecule has 2 rings (SSSR count). The fraction of sp³-hybridized carbons (Fsp3) is 0.571. The SMILES string of the molecule is CN(CC1CCC1)c1ccccc1CCN. The van der Waals surface area contributed by atoms with E-state index in [-0.39, 0.29) is 0 Å². The third-order valence-electron chi connectivity index (χ3n) is 3.57. The lowest BCUT2D eigenvalue weighted by atomic mass is 9.85. The molecule has 1 saturated carbocycles. The Kier molecular flexibility index (Phi) is 3.83. The highest BCUT2D eigenvalue weighted by atomic mass is 15.1. The van der Waals surface area contributed by atoms with Gasteiger partial charge in [-0.25, -0.2) is 0 Å². The molecule has 16 heavy (non-hydrogen) atoms. The van der Waals surface area contributed by atoms with Crippen LogP contribution in [0.2, 0.25) is 0 Å². The first kappa shape index (κ1) is 11.5. The molecule has 0 saturated heterocycles. The lowest BCUT2D eigenvalue weighted by molar-refractivity contribution is 0.321. The van der Waals surface area contributed by atoms with Crippen molar-refractivity contribution in [3.05, 3.63) is 29.8 Å². The van der Waals surface area contributed by atoms with E-state index in [1.165, 1.54) is 37.1 Å². The number of para-hydroxylation sites is 1. The summed E-state index contributed by atoms with van der Waals surface area (Å²) < 4.78 is 0. The first-order chi connectivity index (χ1) is 7.81. The highest BCUT2D eigenvalue weighted by molar-refractivity contribution is 5.53. The number of hydrogen-bond donors (Lipinski definition) is 1. The number of hydrogen-bond acceptors (Lipinski definition) is 2. The van der Waals surface area contributed by atoms with Gasteiger partial charge in [0.2, 0.25) is 0 Å². The van der Waals surface area contributed by atoms with E-state index in [1.54, 1.807) is 0 Å². The lowest BCUT2D eigenvalue weighted by Crippen LogP contribution is -2.30. The van der Waals surface area contributed by atoms with Gasteiger partial charge in [-0.3, -0.25) is 0 Å². The van der Waals surface area contributed by atoms with Gasteiger partial charge in [0.05, 0.1) is 0 Å². The van der Waals surface area contributed by atoms with Crippen LogP contribution in [0.15, 0.2) is 24.3 Å². The minimum Gasteiger partial charge on any atom is -0.374 e. The number of rotatable bonds is 5. The van der Waals surface area contributed by atoms with Gasteiger partial charge in [-0.1, -0.05) is 24.6 Å². The Morgan fingerprint density at radius 3 is 2.69 bits per heavy atom. The molecular formula is C14H22N2. The fourth-order valence-corrected chi connectivity index (χ4v) is 2.41. The number of benzene rings is 1. The maximum absolute atomic E-state index is 5.65. The molecule has 0 amide bonds. The summed E-state index contributed by atoms with van der Waals surface area (Å²) in [5.41, 5.74) is 8.39. The molecule has 1 aromatic carbocycles. The summed E-state index contributed by atoms with van der Waals surface area (Å²) in [6.45, 7) is 1.93. The molecular weight excluding hydrogens is 196 g/mol. The lowest BCUT2D eigenvalue weighted by Gasteiger charge is -2.32. The molecule has 0 aliphatic heterocycles. The molecule has 1 fully saturated rings. The molecule has 0 unspecified atom stereocenters. The Balaban J connectivity index is 2.04. The van der Waals surface area contributed by atoms with E-state index < -0.39 is 0 Å². The van der Waals surface area contributed by atoms with Gasteiger partial charge >= 0.3 is 0 Å². The van der Waals surface area contributed by atoms with Gasteiger partial charge in [0.15, 0.2) is 0 Å². The quantitative estimate of drug-likeness (QED) is 0.822. The van der Waals surface area contributed by atoms with E-state index in [0.29, 0.717) is 0 Å². The van der Waals surface area contributed by atoms with Gasteiger partial charge < -0.3 is 10.6 Å². The molecule has 0 spiro atoms. The summed E-state index contributed by atoms with van der Waals surface area (Å²) in [6, 6.07) is 8.63. The second-order valence-electron chi connectivity index (χ2n) is 4.84. The molecule has 1 aliphatic rings. The molecule has 0 atom stereocenters. The van der Waals surface area contributed by atoms with Crippen molar-refractivity contribution < 1.29 is 0 Å². The van der Waals surface area contributed by atoms with Crippen LogP contribution in [-0.4, -0.2) is 20.1 Å². The smallest absolute Gasteiger partial charge is 0.0396 e. The van der Waals surface area contributed by atoms with E-state index >= 15 is 0 Å². The zero-order valence-corrected chi connectivity index (χ0v) is 10.2. The Labute approximate surface area is 98.4 Å².